The maximum Gasteiger partial charge on any atom is 0.161 e. The van der Waals surface area contributed by atoms with E-state index in [4.69, 9.17) is 9.47 Å². The zero-order valence-electron chi connectivity index (χ0n) is 12.3. The van der Waals surface area contributed by atoms with Crippen molar-refractivity contribution in [2.75, 3.05) is 13.7 Å². The molecule has 0 spiro atoms. The third kappa shape index (κ3) is 3.74. The highest BCUT2D eigenvalue weighted by atomic mass is 16.5. The van der Waals surface area contributed by atoms with Crippen LogP contribution in [0.5, 0.6) is 11.5 Å². The summed E-state index contributed by atoms with van der Waals surface area (Å²) in [5, 5.41) is 9.31. The van der Waals surface area contributed by atoms with Gasteiger partial charge in [0, 0.05) is 6.20 Å². The number of aromatic nitrogens is 1. The standard InChI is InChI=1S/C18H16N2O2/c1-3-10-22-17-8-7-14(12-18(17)21-2)11-15(13-19)16-6-4-5-9-20-16/h3-9,11-12H,1,10H2,2H3/b15-11+. The molecular weight excluding hydrogens is 276 g/mol. The first kappa shape index (κ1) is 15.3. The summed E-state index contributed by atoms with van der Waals surface area (Å²) in [6, 6.07) is 13.1. The fraction of sp³-hybridized carbons (Fsp3) is 0.111. The fourth-order valence-electron chi connectivity index (χ4n) is 1.89. The van der Waals surface area contributed by atoms with E-state index in [-0.39, 0.29) is 0 Å². The summed E-state index contributed by atoms with van der Waals surface area (Å²) in [5.41, 5.74) is 1.96. The minimum Gasteiger partial charge on any atom is -0.493 e. The topological polar surface area (TPSA) is 55.1 Å². The minimum atomic E-state index is 0.406. The molecule has 0 saturated carbocycles. The molecule has 0 amide bonds. The van der Waals surface area contributed by atoms with Gasteiger partial charge in [0.25, 0.3) is 0 Å². The van der Waals surface area contributed by atoms with Crippen molar-refractivity contribution >= 4 is 11.6 Å². The summed E-state index contributed by atoms with van der Waals surface area (Å²) in [6.07, 6.45) is 5.09. The van der Waals surface area contributed by atoms with Crippen LogP contribution in [-0.4, -0.2) is 18.7 Å². The quantitative estimate of drug-likeness (QED) is 0.601. The second-order valence-corrected chi connectivity index (χ2v) is 4.39. The number of hydrogen-bond donors (Lipinski definition) is 0. The number of pyridine rings is 1. The Kier molecular flexibility index (Phi) is 5.33. The van der Waals surface area contributed by atoms with Gasteiger partial charge in [-0.1, -0.05) is 24.8 Å². The number of hydrogen-bond acceptors (Lipinski definition) is 4. The average Bonchev–Trinajstić information content (AvgIpc) is 2.59. The molecule has 1 heterocycles. The average molecular weight is 292 g/mol. The summed E-state index contributed by atoms with van der Waals surface area (Å²) in [5.74, 6) is 1.24. The van der Waals surface area contributed by atoms with Crippen LogP contribution in [-0.2, 0) is 0 Å². The predicted octanol–water partition coefficient (Wildman–Crippen LogP) is 3.72. The molecule has 0 aliphatic rings. The van der Waals surface area contributed by atoms with Crippen LogP contribution in [0.4, 0.5) is 0 Å². The van der Waals surface area contributed by atoms with Crippen LogP contribution >= 0.6 is 0 Å². The van der Waals surface area contributed by atoms with E-state index in [1.165, 1.54) is 0 Å². The SMILES string of the molecule is C=CCOc1ccc(/C=C(\C#N)c2ccccn2)cc1OC. The van der Waals surface area contributed by atoms with Crippen molar-refractivity contribution < 1.29 is 9.47 Å². The van der Waals surface area contributed by atoms with E-state index in [1.54, 1.807) is 31.5 Å². The van der Waals surface area contributed by atoms with E-state index < -0.39 is 0 Å². The first-order valence-corrected chi connectivity index (χ1v) is 6.73. The molecule has 0 N–H and O–H groups in total. The molecule has 0 bridgehead atoms. The van der Waals surface area contributed by atoms with E-state index in [1.807, 2.05) is 30.3 Å². The van der Waals surface area contributed by atoms with E-state index in [2.05, 4.69) is 17.6 Å². The molecule has 2 rings (SSSR count). The third-order valence-corrected chi connectivity index (χ3v) is 2.92. The predicted molar refractivity (Wildman–Crippen MR) is 86.4 cm³/mol. The van der Waals surface area contributed by atoms with Crippen molar-refractivity contribution in [2.24, 2.45) is 0 Å². The Morgan fingerprint density at radius 3 is 2.82 bits per heavy atom. The Balaban J connectivity index is 2.34. The first-order chi connectivity index (χ1) is 10.8. The molecule has 0 saturated heterocycles. The molecule has 0 fully saturated rings. The lowest BCUT2D eigenvalue weighted by atomic mass is 10.1. The molecule has 0 atom stereocenters. The van der Waals surface area contributed by atoms with E-state index in [0.29, 0.717) is 29.4 Å². The van der Waals surface area contributed by atoms with Crippen LogP contribution in [0, 0.1) is 11.3 Å². The molecule has 110 valence electrons. The summed E-state index contributed by atoms with van der Waals surface area (Å²) >= 11 is 0. The molecule has 2 aromatic rings. The molecule has 1 aromatic heterocycles. The van der Waals surface area contributed by atoms with E-state index in [9.17, 15) is 5.26 Å². The van der Waals surface area contributed by atoms with E-state index >= 15 is 0 Å². The van der Waals surface area contributed by atoms with Crippen molar-refractivity contribution in [3.63, 3.8) is 0 Å². The molecule has 0 unspecified atom stereocenters. The van der Waals surface area contributed by atoms with Crippen LogP contribution in [0.2, 0.25) is 0 Å². The van der Waals surface area contributed by atoms with Gasteiger partial charge in [0.15, 0.2) is 11.5 Å². The number of methoxy groups -OCH3 is 1. The second kappa shape index (κ2) is 7.65. The van der Waals surface area contributed by atoms with Crippen LogP contribution in [0.15, 0.2) is 55.3 Å². The van der Waals surface area contributed by atoms with Crippen molar-refractivity contribution in [3.8, 4) is 17.6 Å². The Labute approximate surface area is 130 Å². The molecule has 4 heteroatoms. The Morgan fingerprint density at radius 2 is 2.18 bits per heavy atom. The molecule has 0 radical (unpaired) electrons. The summed E-state index contributed by atoms with van der Waals surface area (Å²) in [4.78, 5) is 4.19. The van der Waals surface area contributed by atoms with Gasteiger partial charge in [0.05, 0.1) is 18.4 Å². The number of nitrogens with zero attached hydrogens (tertiary/aromatic N) is 2. The number of benzene rings is 1. The van der Waals surface area contributed by atoms with Gasteiger partial charge in [-0.15, -0.1) is 0 Å². The van der Waals surface area contributed by atoms with Gasteiger partial charge < -0.3 is 9.47 Å². The Hall–Kier alpha value is -3.06. The highest BCUT2D eigenvalue weighted by Gasteiger charge is 2.06. The lowest BCUT2D eigenvalue weighted by Gasteiger charge is -2.10. The molecule has 4 nitrogen and oxygen atoms in total. The van der Waals surface area contributed by atoms with Crippen molar-refractivity contribution in [2.45, 2.75) is 0 Å². The van der Waals surface area contributed by atoms with Crippen molar-refractivity contribution in [3.05, 3.63) is 66.5 Å². The number of rotatable bonds is 6. The van der Waals surface area contributed by atoms with Gasteiger partial charge in [0.1, 0.15) is 12.7 Å². The molecule has 22 heavy (non-hydrogen) atoms. The fourth-order valence-corrected chi connectivity index (χ4v) is 1.89. The summed E-state index contributed by atoms with van der Waals surface area (Å²) in [6.45, 7) is 4.02. The number of ether oxygens (including phenoxy) is 2. The zero-order valence-corrected chi connectivity index (χ0v) is 12.3. The van der Waals surface area contributed by atoms with Crippen LogP contribution in [0.1, 0.15) is 11.3 Å². The molecule has 1 aromatic carbocycles. The van der Waals surface area contributed by atoms with Crippen LogP contribution < -0.4 is 9.47 Å². The first-order valence-electron chi connectivity index (χ1n) is 6.73. The van der Waals surface area contributed by atoms with Crippen molar-refractivity contribution in [1.82, 2.24) is 4.98 Å². The molecule has 0 aliphatic heterocycles. The van der Waals surface area contributed by atoms with Crippen LogP contribution in [0.3, 0.4) is 0 Å². The highest BCUT2D eigenvalue weighted by Crippen LogP contribution is 2.29. The van der Waals surface area contributed by atoms with Crippen LogP contribution in [0.25, 0.3) is 11.6 Å². The third-order valence-electron chi connectivity index (χ3n) is 2.92. The van der Waals surface area contributed by atoms with Gasteiger partial charge in [0.2, 0.25) is 0 Å². The largest absolute Gasteiger partial charge is 0.493 e. The maximum absolute atomic E-state index is 9.31. The number of nitriles is 1. The smallest absolute Gasteiger partial charge is 0.161 e. The molecular formula is C18H16N2O2. The maximum atomic E-state index is 9.31. The zero-order chi connectivity index (χ0) is 15.8. The lowest BCUT2D eigenvalue weighted by Crippen LogP contribution is -1.96. The monoisotopic (exact) mass is 292 g/mol. The van der Waals surface area contributed by atoms with E-state index in [0.717, 1.165) is 5.56 Å². The van der Waals surface area contributed by atoms with Gasteiger partial charge in [-0.3, -0.25) is 4.98 Å². The summed E-state index contributed by atoms with van der Waals surface area (Å²) in [7, 11) is 1.58. The highest BCUT2D eigenvalue weighted by molar-refractivity contribution is 5.88. The lowest BCUT2D eigenvalue weighted by molar-refractivity contribution is 0.326. The Bertz CT molecular complexity index is 716. The van der Waals surface area contributed by atoms with Crippen molar-refractivity contribution in [1.29, 1.82) is 5.26 Å². The molecule has 0 aliphatic carbocycles. The van der Waals surface area contributed by atoms with Gasteiger partial charge >= 0.3 is 0 Å². The minimum absolute atomic E-state index is 0.406. The normalized spacial score (nSPS) is 10.6. The Morgan fingerprint density at radius 1 is 1.32 bits per heavy atom. The summed E-state index contributed by atoms with van der Waals surface area (Å²) < 4.78 is 10.8. The van der Waals surface area contributed by atoms with Gasteiger partial charge in [-0.25, -0.2) is 0 Å². The van der Waals surface area contributed by atoms with Gasteiger partial charge in [-0.2, -0.15) is 5.26 Å². The van der Waals surface area contributed by atoms with Gasteiger partial charge in [-0.05, 0) is 35.9 Å². The second-order valence-electron chi connectivity index (χ2n) is 4.39. The number of allylic oxidation sites excluding steroid dienone is 1.